The third kappa shape index (κ3) is 3.78. The van der Waals surface area contributed by atoms with Crippen LogP contribution in [0.1, 0.15) is 16.7 Å². The number of amidine groups is 1. The number of hydrogen-bond acceptors (Lipinski definition) is 3. The Morgan fingerprint density at radius 3 is 2.45 bits per heavy atom. The summed E-state index contributed by atoms with van der Waals surface area (Å²) in [5.41, 5.74) is 8.70. The van der Waals surface area contributed by atoms with Gasteiger partial charge in [0.05, 0.1) is 12.7 Å². The lowest BCUT2D eigenvalue weighted by molar-refractivity contribution is 0.413. The lowest BCUT2D eigenvalue weighted by Crippen LogP contribution is -2.12. The van der Waals surface area contributed by atoms with E-state index in [0.29, 0.717) is 11.3 Å². The molecule has 0 heterocycles. The molecule has 2 rings (SSSR count). The van der Waals surface area contributed by atoms with E-state index in [1.165, 1.54) is 5.56 Å². The Morgan fingerprint density at radius 2 is 1.80 bits per heavy atom. The van der Waals surface area contributed by atoms with Crippen molar-refractivity contribution in [2.24, 2.45) is 5.73 Å². The van der Waals surface area contributed by atoms with E-state index in [1.807, 2.05) is 36.0 Å². The number of thioether (sulfide) groups is 1. The van der Waals surface area contributed by atoms with Crippen molar-refractivity contribution in [1.29, 1.82) is 5.41 Å². The fourth-order valence-electron chi connectivity index (χ4n) is 1.92. The largest absolute Gasteiger partial charge is 0.496 e. The van der Waals surface area contributed by atoms with Crippen molar-refractivity contribution in [1.82, 2.24) is 0 Å². The highest BCUT2D eigenvalue weighted by Crippen LogP contribution is 2.23. The predicted octanol–water partition coefficient (Wildman–Crippen LogP) is 3.41. The monoisotopic (exact) mass is 286 g/mol. The number of methoxy groups -OCH3 is 1. The number of nitrogens with one attached hydrogen (secondary N) is 1. The molecule has 0 bridgehead atoms. The quantitative estimate of drug-likeness (QED) is 0.632. The van der Waals surface area contributed by atoms with Gasteiger partial charge in [0.2, 0.25) is 0 Å². The summed E-state index contributed by atoms with van der Waals surface area (Å²) < 4.78 is 5.21. The normalized spacial score (nSPS) is 10.2. The molecule has 2 aromatic rings. The molecule has 0 saturated carbocycles. The number of rotatable bonds is 6. The lowest BCUT2D eigenvalue weighted by atomic mass is 10.1. The van der Waals surface area contributed by atoms with Crippen LogP contribution in [-0.4, -0.2) is 12.9 Å². The van der Waals surface area contributed by atoms with Gasteiger partial charge < -0.3 is 10.5 Å². The van der Waals surface area contributed by atoms with Gasteiger partial charge in [-0.05, 0) is 23.3 Å². The van der Waals surface area contributed by atoms with E-state index in [4.69, 9.17) is 15.9 Å². The van der Waals surface area contributed by atoms with E-state index in [9.17, 15) is 0 Å². The highest BCUT2D eigenvalue weighted by atomic mass is 32.2. The lowest BCUT2D eigenvalue weighted by Gasteiger charge is -2.09. The van der Waals surface area contributed by atoms with Crippen LogP contribution < -0.4 is 10.5 Å². The molecular weight excluding hydrogens is 268 g/mol. The zero-order valence-electron chi connectivity index (χ0n) is 11.4. The predicted molar refractivity (Wildman–Crippen MR) is 85.5 cm³/mol. The van der Waals surface area contributed by atoms with Crippen molar-refractivity contribution >= 4 is 17.6 Å². The Kier molecular flexibility index (Phi) is 5.07. The Bertz CT molecular complexity index is 584. The molecule has 0 spiro atoms. The van der Waals surface area contributed by atoms with Gasteiger partial charge in [-0.2, -0.15) is 11.8 Å². The maximum absolute atomic E-state index is 7.58. The van der Waals surface area contributed by atoms with Crippen LogP contribution in [0.5, 0.6) is 5.75 Å². The smallest absolute Gasteiger partial charge is 0.129 e. The van der Waals surface area contributed by atoms with Crippen molar-refractivity contribution < 1.29 is 4.74 Å². The molecule has 3 N–H and O–H groups in total. The summed E-state index contributed by atoms with van der Waals surface area (Å²) in [5, 5.41) is 7.58. The van der Waals surface area contributed by atoms with E-state index >= 15 is 0 Å². The molecule has 4 heteroatoms. The third-order valence-electron chi connectivity index (χ3n) is 2.93. The Balaban J connectivity index is 1.99. The average Bonchev–Trinajstić information content (AvgIpc) is 2.48. The molecule has 0 atom stereocenters. The Labute approximate surface area is 123 Å². The number of nitrogen functional groups attached to an aromatic ring is 1. The van der Waals surface area contributed by atoms with Gasteiger partial charge in [0, 0.05) is 11.5 Å². The molecule has 104 valence electrons. The van der Waals surface area contributed by atoms with Gasteiger partial charge in [-0.1, -0.05) is 36.4 Å². The van der Waals surface area contributed by atoms with Gasteiger partial charge in [0.25, 0.3) is 0 Å². The Hall–Kier alpha value is -1.94. The van der Waals surface area contributed by atoms with Crippen LogP contribution in [0.2, 0.25) is 0 Å². The minimum Gasteiger partial charge on any atom is -0.496 e. The molecule has 0 amide bonds. The molecule has 0 aromatic heterocycles. The second kappa shape index (κ2) is 7.01. The Morgan fingerprint density at radius 1 is 1.10 bits per heavy atom. The highest BCUT2D eigenvalue weighted by molar-refractivity contribution is 7.97. The molecule has 0 saturated heterocycles. The fourth-order valence-corrected chi connectivity index (χ4v) is 2.86. The first kappa shape index (κ1) is 14.5. The summed E-state index contributed by atoms with van der Waals surface area (Å²) in [4.78, 5) is 0. The molecule has 0 aliphatic rings. The zero-order chi connectivity index (χ0) is 14.4. The molecule has 0 aliphatic carbocycles. The van der Waals surface area contributed by atoms with Crippen molar-refractivity contribution in [2.75, 3.05) is 7.11 Å². The van der Waals surface area contributed by atoms with E-state index in [-0.39, 0.29) is 5.84 Å². The number of ether oxygens (including phenoxy) is 1. The van der Waals surface area contributed by atoms with Crippen LogP contribution in [0.15, 0.2) is 48.5 Å². The summed E-state index contributed by atoms with van der Waals surface area (Å²) in [7, 11) is 1.59. The fraction of sp³-hybridized carbons (Fsp3) is 0.188. The molecule has 0 aliphatic heterocycles. The van der Waals surface area contributed by atoms with E-state index in [2.05, 4.69) is 24.3 Å². The minimum atomic E-state index is 0.0387. The van der Waals surface area contributed by atoms with Crippen LogP contribution in [0.25, 0.3) is 0 Å². The third-order valence-corrected chi connectivity index (χ3v) is 4.01. The summed E-state index contributed by atoms with van der Waals surface area (Å²) in [5.74, 6) is 2.55. The van der Waals surface area contributed by atoms with Gasteiger partial charge in [0.1, 0.15) is 11.6 Å². The van der Waals surface area contributed by atoms with Crippen LogP contribution in [-0.2, 0) is 11.5 Å². The maximum atomic E-state index is 7.58. The van der Waals surface area contributed by atoms with Crippen LogP contribution >= 0.6 is 11.8 Å². The molecular formula is C16H18N2OS. The van der Waals surface area contributed by atoms with Crippen molar-refractivity contribution in [3.63, 3.8) is 0 Å². The van der Waals surface area contributed by atoms with Crippen LogP contribution in [0.4, 0.5) is 0 Å². The van der Waals surface area contributed by atoms with E-state index in [1.54, 1.807) is 7.11 Å². The SMILES string of the molecule is COc1ccc(CSCc2ccccc2)cc1C(=N)N. The van der Waals surface area contributed by atoms with Crippen LogP contribution in [0, 0.1) is 5.41 Å². The first-order chi connectivity index (χ1) is 9.70. The molecule has 20 heavy (non-hydrogen) atoms. The van der Waals surface area contributed by atoms with Crippen molar-refractivity contribution in [2.45, 2.75) is 11.5 Å². The second-order valence-corrected chi connectivity index (χ2v) is 5.41. The van der Waals surface area contributed by atoms with Gasteiger partial charge >= 0.3 is 0 Å². The number of benzene rings is 2. The number of nitrogens with two attached hydrogens (primary N) is 1. The first-order valence-corrected chi connectivity index (χ1v) is 7.49. The molecule has 0 unspecified atom stereocenters. The summed E-state index contributed by atoms with van der Waals surface area (Å²) >= 11 is 1.84. The minimum absolute atomic E-state index is 0.0387. The second-order valence-electron chi connectivity index (χ2n) is 4.43. The van der Waals surface area contributed by atoms with Gasteiger partial charge in [-0.3, -0.25) is 5.41 Å². The molecule has 0 radical (unpaired) electrons. The molecule has 2 aromatic carbocycles. The summed E-state index contributed by atoms with van der Waals surface area (Å²) in [6.07, 6.45) is 0. The van der Waals surface area contributed by atoms with Gasteiger partial charge in [-0.25, -0.2) is 0 Å². The van der Waals surface area contributed by atoms with Crippen molar-refractivity contribution in [3.8, 4) is 5.75 Å². The van der Waals surface area contributed by atoms with Crippen LogP contribution in [0.3, 0.4) is 0 Å². The van der Waals surface area contributed by atoms with Gasteiger partial charge in [0.15, 0.2) is 0 Å². The number of hydrogen-bond donors (Lipinski definition) is 2. The molecule has 0 fully saturated rings. The first-order valence-electron chi connectivity index (χ1n) is 6.33. The van der Waals surface area contributed by atoms with E-state index < -0.39 is 0 Å². The maximum Gasteiger partial charge on any atom is 0.129 e. The van der Waals surface area contributed by atoms with E-state index in [0.717, 1.165) is 17.1 Å². The van der Waals surface area contributed by atoms with Crippen molar-refractivity contribution in [3.05, 3.63) is 65.2 Å². The topological polar surface area (TPSA) is 59.1 Å². The van der Waals surface area contributed by atoms with Gasteiger partial charge in [-0.15, -0.1) is 0 Å². The zero-order valence-corrected chi connectivity index (χ0v) is 12.2. The highest BCUT2D eigenvalue weighted by Gasteiger charge is 2.07. The molecule has 3 nitrogen and oxygen atoms in total. The standard InChI is InChI=1S/C16H18N2OS/c1-19-15-8-7-13(9-14(15)16(17)18)11-20-10-12-5-3-2-4-6-12/h2-9H,10-11H2,1H3,(H3,17,18). The summed E-state index contributed by atoms with van der Waals surface area (Å²) in [6, 6.07) is 16.2. The summed E-state index contributed by atoms with van der Waals surface area (Å²) in [6.45, 7) is 0. The average molecular weight is 286 g/mol.